The van der Waals surface area contributed by atoms with Gasteiger partial charge >= 0.3 is 5.97 Å². The molecule has 1 aliphatic rings. The van der Waals surface area contributed by atoms with E-state index in [1.807, 2.05) is 6.92 Å². The Morgan fingerprint density at radius 3 is 2.90 bits per heavy atom. The highest BCUT2D eigenvalue weighted by Gasteiger charge is 2.40. The first-order chi connectivity index (χ1) is 10.2. The van der Waals surface area contributed by atoms with Crippen molar-refractivity contribution in [1.29, 1.82) is 0 Å². The van der Waals surface area contributed by atoms with Gasteiger partial charge < -0.3 is 19.9 Å². The summed E-state index contributed by atoms with van der Waals surface area (Å²) in [6, 6.07) is 0. The maximum atomic E-state index is 11.5. The third-order valence-corrected chi connectivity index (χ3v) is 3.58. The van der Waals surface area contributed by atoms with Crippen molar-refractivity contribution >= 4 is 11.8 Å². The summed E-state index contributed by atoms with van der Waals surface area (Å²) < 4.78 is 10.7. The summed E-state index contributed by atoms with van der Waals surface area (Å²) in [6.07, 6.45) is 4.99. The van der Waals surface area contributed by atoms with Crippen molar-refractivity contribution in [1.82, 2.24) is 9.97 Å². The maximum absolute atomic E-state index is 11.5. The third kappa shape index (κ3) is 4.04. The summed E-state index contributed by atoms with van der Waals surface area (Å²) in [4.78, 5) is 19.9. The molecule has 1 aliphatic heterocycles. The predicted molar refractivity (Wildman–Crippen MR) is 76.4 cm³/mol. The summed E-state index contributed by atoms with van der Waals surface area (Å²) in [5.41, 5.74) is -0.805. The average molecular weight is 295 g/mol. The SMILES string of the molecule is CCCOc1cncc(NCC2(C(=O)O)CCOCC2)n1. The second kappa shape index (κ2) is 7.21. The fourth-order valence-corrected chi connectivity index (χ4v) is 2.20. The molecule has 1 aromatic rings. The predicted octanol–water partition coefficient (Wildman–Crippen LogP) is 1.56. The van der Waals surface area contributed by atoms with Crippen molar-refractivity contribution in [2.24, 2.45) is 5.41 Å². The second-order valence-corrected chi connectivity index (χ2v) is 5.14. The van der Waals surface area contributed by atoms with Crippen LogP contribution in [0.2, 0.25) is 0 Å². The first-order valence-electron chi connectivity index (χ1n) is 7.16. The molecule has 1 aromatic heterocycles. The Balaban J connectivity index is 1.99. The fourth-order valence-electron chi connectivity index (χ4n) is 2.20. The zero-order chi connectivity index (χ0) is 15.1. The van der Waals surface area contributed by atoms with Gasteiger partial charge in [-0.05, 0) is 19.3 Å². The molecule has 2 N–H and O–H groups in total. The summed E-state index contributed by atoms with van der Waals surface area (Å²) in [5, 5.41) is 12.5. The molecular formula is C14H21N3O4. The Hall–Kier alpha value is -1.89. The van der Waals surface area contributed by atoms with Crippen LogP contribution in [0.15, 0.2) is 12.4 Å². The van der Waals surface area contributed by atoms with Crippen LogP contribution < -0.4 is 10.1 Å². The molecule has 0 aliphatic carbocycles. The third-order valence-electron chi connectivity index (χ3n) is 3.58. The highest BCUT2D eigenvalue weighted by molar-refractivity contribution is 5.75. The summed E-state index contributed by atoms with van der Waals surface area (Å²) in [5.74, 6) is 0.165. The number of hydrogen-bond donors (Lipinski definition) is 2. The molecule has 2 heterocycles. The van der Waals surface area contributed by atoms with E-state index in [2.05, 4.69) is 15.3 Å². The lowest BCUT2D eigenvalue weighted by Gasteiger charge is -2.33. The number of carboxylic acids is 1. The minimum Gasteiger partial charge on any atom is -0.481 e. The Bertz CT molecular complexity index is 475. The van der Waals surface area contributed by atoms with Gasteiger partial charge in [0.05, 0.1) is 24.4 Å². The molecule has 0 bridgehead atoms. The molecule has 7 nitrogen and oxygen atoms in total. The highest BCUT2D eigenvalue weighted by atomic mass is 16.5. The molecule has 0 amide bonds. The Labute approximate surface area is 123 Å². The molecule has 7 heteroatoms. The number of aliphatic carboxylic acids is 1. The zero-order valence-electron chi connectivity index (χ0n) is 12.2. The van der Waals surface area contributed by atoms with E-state index >= 15 is 0 Å². The fraction of sp³-hybridized carbons (Fsp3) is 0.643. The van der Waals surface area contributed by atoms with Gasteiger partial charge in [0.2, 0.25) is 5.88 Å². The second-order valence-electron chi connectivity index (χ2n) is 5.14. The van der Waals surface area contributed by atoms with E-state index in [4.69, 9.17) is 9.47 Å². The number of nitrogens with one attached hydrogen (secondary N) is 1. The first-order valence-corrected chi connectivity index (χ1v) is 7.16. The lowest BCUT2D eigenvalue weighted by molar-refractivity contribution is -0.153. The van der Waals surface area contributed by atoms with Gasteiger partial charge in [0.25, 0.3) is 0 Å². The van der Waals surface area contributed by atoms with Crippen LogP contribution >= 0.6 is 0 Å². The number of ether oxygens (including phenoxy) is 2. The van der Waals surface area contributed by atoms with Crippen molar-refractivity contribution < 1.29 is 19.4 Å². The molecule has 0 saturated carbocycles. The quantitative estimate of drug-likeness (QED) is 0.788. The molecule has 2 rings (SSSR count). The van der Waals surface area contributed by atoms with Crippen LogP contribution in [0.4, 0.5) is 5.82 Å². The smallest absolute Gasteiger partial charge is 0.311 e. The van der Waals surface area contributed by atoms with E-state index in [0.717, 1.165) is 6.42 Å². The van der Waals surface area contributed by atoms with Crippen LogP contribution in [0.3, 0.4) is 0 Å². The van der Waals surface area contributed by atoms with Gasteiger partial charge in [-0.3, -0.25) is 9.78 Å². The van der Waals surface area contributed by atoms with E-state index in [-0.39, 0.29) is 0 Å². The van der Waals surface area contributed by atoms with Gasteiger partial charge in [-0.25, -0.2) is 0 Å². The van der Waals surface area contributed by atoms with Crippen molar-refractivity contribution in [3.63, 3.8) is 0 Å². The van der Waals surface area contributed by atoms with Gasteiger partial charge in [-0.1, -0.05) is 6.92 Å². The number of nitrogens with zero attached hydrogens (tertiary/aromatic N) is 2. The van der Waals surface area contributed by atoms with Crippen LogP contribution in [0.25, 0.3) is 0 Å². The van der Waals surface area contributed by atoms with Crippen molar-refractivity contribution in [3.8, 4) is 5.88 Å². The van der Waals surface area contributed by atoms with Gasteiger partial charge in [0.1, 0.15) is 5.82 Å². The van der Waals surface area contributed by atoms with Gasteiger partial charge in [-0.15, -0.1) is 0 Å². The molecule has 1 saturated heterocycles. The van der Waals surface area contributed by atoms with Gasteiger partial charge in [0.15, 0.2) is 0 Å². The normalized spacial score (nSPS) is 17.2. The molecule has 0 radical (unpaired) electrons. The molecule has 116 valence electrons. The van der Waals surface area contributed by atoms with E-state index in [9.17, 15) is 9.90 Å². The zero-order valence-corrected chi connectivity index (χ0v) is 12.2. The molecule has 0 atom stereocenters. The lowest BCUT2D eigenvalue weighted by Crippen LogP contribution is -2.42. The van der Waals surface area contributed by atoms with Crippen LogP contribution in [0.5, 0.6) is 5.88 Å². The van der Waals surface area contributed by atoms with Gasteiger partial charge in [0, 0.05) is 19.8 Å². The number of hydrogen-bond acceptors (Lipinski definition) is 6. The molecular weight excluding hydrogens is 274 g/mol. The largest absolute Gasteiger partial charge is 0.481 e. The number of carboxylic acid groups (broad SMARTS) is 1. The Morgan fingerprint density at radius 1 is 1.48 bits per heavy atom. The maximum Gasteiger partial charge on any atom is 0.311 e. The Kier molecular flexibility index (Phi) is 5.32. The monoisotopic (exact) mass is 295 g/mol. The number of aromatic nitrogens is 2. The molecule has 0 aromatic carbocycles. The van der Waals surface area contributed by atoms with Crippen molar-refractivity contribution in [2.75, 3.05) is 31.7 Å². The highest BCUT2D eigenvalue weighted by Crippen LogP contribution is 2.31. The first kappa shape index (κ1) is 15.5. The number of anilines is 1. The molecule has 0 spiro atoms. The summed E-state index contributed by atoms with van der Waals surface area (Å²) >= 11 is 0. The van der Waals surface area contributed by atoms with Crippen LogP contribution in [-0.4, -0.2) is 47.4 Å². The standard InChI is InChI=1S/C14H21N3O4/c1-2-5-21-12-9-15-8-11(17-12)16-10-14(13(18)19)3-6-20-7-4-14/h8-9H,2-7,10H2,1H3,(H,16,17)(H,18,19). The average Bonchev–Trinajstić information content (AvgIpc) is 2.52. The molecule has 1 fully saturated rings. The molecule has 0 unspecified atom stereocenters. The summed E-state index contributed by atoms with van der Waals surface area (Å²) in [7, 11) is 0. The lowest BCUT2D eigenvalue weighted by atomic mass is 9.80. The van der Waals surface area contributed by atoms with E-state index in [0.29, 0.717) is 50.9 Å². The van der Waals surface area contributed by atoms with Crippen molar-refractivity contribution in [2.45, 2.75) is 26.2 Å². The van der Waals surface area contributed by atoms with E-state index in [1.54, 1.807) is 12.4 Å². The number of rotatable bonds is 7. The minimum absolute atomic E-state index is 0.303. The van der Waals surface area contributed by atoms with Crippen LogP contribution in [-0.2, 0) is 9.53 Å². The summed E-state index contributed by atoms with van der Waals surface area (Å²) in [6.45, 7) is 3.84. The van der Waals surface area contributed by atoms with Gasteiger partial charge in [-0.2, -0.15) is 4.98 Å². The Morgan fingerprint density at radius 2 is 2.24 bits per heavy atom. The van der Waals surface area contributed by atoms with Crippen LogP contribution in [0, 0.1) is 5.41 Å². The van der Waals surface area contributed by atoms with Crippen molar-refractivity contribution in [3.05, 3.63) is 12.4 Å². The van der Waals surface area contributed by atoms with Crippen LogP contribution in [0.1, 0.15) is 26.2 Å². The minimum atomic E-state index is -0.805. The number of carbonyl (C=O) groups is 1. The van der Waals surface area contributed by atoms with E-state index < -0.39 is 11.4 Å². The topological polar surface area (TPSA) is 93.6 Å². The van der Waals surface area contributed by atoms with E-state index in [1.165, 1.54) is 0 Å². The molecule has 21 heavy (non-hydrogen) atoms.